The Morgan fingerprint density at radius 3 is 1.53 bits per heavy atom. The van der Waals surface area contributed by atoms with E-state index in [0.717, 1.165) is 22.6 Å². The maximum Gasteiger partial charge on any atom is 0.236 e. The van der Waals surface area contributed by atoms with E-state index in [1.165, 1.54) is 0 Å². The highest BCUT2D eigenvalue weighted by molar-refractivity contribution is 5.97. The van der Waals surface area contributed by atoms with Gasteiger partial charge >= 0.3 is 0 Å². The predicted molar refractivity (Wildman–Crippen MR) is 130 cm³/mol. The second-order valence-corrected chi connectivity index (χ2v) is 7.93. The number of benzene rings is 2. The number of aromatic nitrogens is 1. The monoisotopic (exact) mass is 457 g/mol. The molecule has 0 aliphatic carbocycles. The molecule has 0 bridgehead atoms. The summed E-state index contributed by atoms with van der Waals surface area (Å²) >= 11 is 0. The fourth-order valence-corrected chi connectivity index (χ4v) is 3.95. The molecule has 0 radical (unpaired) electrons. The van der Waals surface area contributed by atoms with E-state index in [1.54, 1.807) is 0 Å². The fraction of sp³-hybridized carbons (Fsp3) is 0.296. The maximum absolute atomic E-state index is 5.89. The summed E-state index contributed by atoms with van der Waals surface area (Å²) < 4.78 is 22.8. The SMILES string of the molecule is CCOc1ccc(C2COC(c3cccc(C4=NC(c5ccc(OCC)cc5)CO4)n3)=N2)cc1. The van der Waals surface area contributed by atoms with Gasteiger partial charge in [-0.2, -0.15) is 0 Å². The Balaban J connectivity index is 1.31. The van der Waals surface area contributed by atoms with Gasteiger partial charge in [-0.15, -0.1) is 0 Å². The summed E-state index contributed by atoms with van der Waals surface area (Å²) in [5, 5.41) is 0. The molecule has 5 rings (SSSR count). The molecule has 7 heteroatoms. The van der Waals surface area contributed by atoms with Crippen LogP contribution in [0.5, 0.6) is 11.5 Å². The van der Waals surface area contributed by atoms with Gasteiger partial charge in [0.2, 0.25) is 11.8 Å². The van der Waals surface area contributed by atoms with Gasteiger partial charge in [0.25, 0.3) is 0 Å². The lowest BCUT2D eigenvalue weighted by Crippen LogP contribution is -2.09. The lowest BCUT2D eigenvalue weighted by Gasteiger charge is -2.07. The molecule has 1 aromatic heterocycles. The Hall–Kier alpha value is -3.87. The molecule has 0 N–H and O–H groups in total. The van der Waals surface area contributed by atoms with Crippen LogP contribution >= 0.6 is 0 Å². The first-order chi connectivity index (χ1) is 16.7. The van der Waals surface area contributed by atoms with Gasteiger partial charge in [0.15, 0.2) is 0 Å². The molecule has 0 spiro atoms. The minimum atomic E-state index is -0.0692. The van der Waals surface area contributed by atoms with Crippen LogP contribution in [0.4, 0.5) is 0 Å². The van der Waals surface area contributed by atoms with Gasteiger partial charge in [0.1, 0.15) is 48.2 Å². The van der Waals surface area contributed by atoms with E-state index in [9.17, 15) is 0 Å². The largest absolute Gasteiger partial charge is 0.494 e. The Bertz CT molecular complexity index is 1100. The van der Waals surface area contributed by atoms with E-state index >= 15 is 0 Å². The maximum atomic E-state index is 5.89. The van der Waals surface area contributed by atoms with Crippen molar-refractivity contribution in [2.45, 2.75) is 25.9 Å². The summed E-state index contributed by atoms with van der Waals surface area (Å²) in [7, 11) is 0. The van der Waals surface area contributed by atoms with Gasteiger partial charge in [-0.3, -0.25) is 0 Å². The Morgan fingerprint density at radius 1 is 0.676 bits per heavy atom. The van der Waals surface area contributed by atoms with E-state index in [4.69, 9.17) is 33.9 Å². The van der Waals surface area contributed by atoms with E-state index in [-0.39, 0.29) is 12.1 Å². The molecule has 2 atom stereocenters. The topological polar surface area (TPSA) is 74.5 Å². The van der Waals surface area contributed by atoms with Crippen molar-refractivity contribution < 1.29 is 18.9 Å². The molecular weight excluding hydrogens is 430 g/mol. The Morgan fingerprint density at radius 2 is 1.12 bits per heavy atom. The van der Waals surface area contributed by atoms with E-state index in [0.29, 0.717) is 49.6 Å². The molecule has 0 fully saturated rings. The highest BCUT2D eigenvalue weighted by atomic mass is 16.5. The highest BCUT2D eigenvalue weighted by Gasteiger charge is 2.26. The molecule has 0 amide bonds. The van der Waals surface area contributed by atoms with Gasteiger partial charge in [-0.05, 0) is 61.4 Å². The van der Waals surface area contributed by atoms with Gasteiger partial charge in [0, 0.05) is 0 Å². The average Bonchev–Trinajstić information content (AvgIpc) is 3.57. The molecule has 2 aliphatic rings. The number of aliphatic imine (C=N–C) groups is 2. The number of pyridine rings is 1. The van der Waals surface area contributed by atoms with Crippen LogP contribution in [0.25, 0.3) is 0 Å². The number of hydrogen-bond acceptors (Lipinski definition) is 7. The Kier molecular flexibility index (Phi) is 6.42. The van der Waals surface area contributed by atoms with Crippen molar-refractivity contribution >= 4 is 11.8 Å². The van der Waals surface area contributed by atoms with Crippen molar-refractivity contribution in [2.24, 2.45) is 9.98 Å². The number of ether oxygens (including phenoxy) is 4. The predicted octanol–water partition coefficient (Wildman–Crippen LogP) is 4.92. The average molecular weight is 458 g/mol. The van der Waals surface area contributed by atoms with Gasteiger partial charge in [-0.25, -0.2) is 15.0 Å². The minimum Gasteiger partial charge on any atom is -0.494 e. The second kappa shape index (κ2) is 9.95. The lowest BCUT2D eigenvalue weighted by atomic mass is 10.1. The first-order valence-corrected chi connectivity index (χ1v) is 11.6. The molecule has 0 saturated carbocycles. The van der Waals surface area contributed by atoms with Crippen LogP contribution in [0.3, 0.4) is 0 Å². The summed E-state index contributed by atoms with van der Waals surface area (Å²) in [5.74, 6) is 2.76. The van der Waals surface area contributed by atoms with Crippen molar-refractivity contribution in [1.29, 1.82) is 0 Å². The molecule has 34 heavy (non-hydrogen) atoms. The molecule has 2 aromatic carbocycles. The summed E-state index contributed by atoms with van der Waals surface area (Å²) in [6, 6.07) is 21.5. The Labute approximate surface area is 199 Å². The number of rotatable bonds is 8. The third-order valence-corrected chi connectivity index (χ3v) is 5.64. The molecule has 2 aliphatic heterocycles. The molecule has 7 nitrogen and oxygen atoms in total. The smallest absolute Gasteiger partial charge is 0.236 e. The standard InChI is InChI=1S/C27H27N3O4/c1-3-31-20-12-8-18(9-13-20)24-16-33-26(29-24)22-6-5-7-23(28-22)27-30-25(17-34-27)19-10-14-21(15-11-19)32-4-2/h5-15,24-25H,3-4,16-17H2,1-2H3. The first kappa shape index (κ1) is 21.9. The third-order valence-electron chi connectivity index (χ3n) is 5.64. The van der Waals surface area contributed by atoms with Crippen LogP contribution in [-0.2, 0) is 9.47 Å². The fourth-order valence-electron chi connectivity index (χ4n) is 3.95. The van der Waals surface area contributed by atoms with Crippen LogP contribution in [0.2, 0.25) is 0 Å². The zero-order valence-corrected chi connectivity index (χ0v) is 19.3. The van der Waals surface area contributed by atoms with Crippen LogP contribution in [0.15, 0.2) is 76.7 Å². The number of nitrogens with zero attached hydrogens (tertiary/aromatic N) is 3. The third kappa shape index (κ3) is 4.73. The molecule has 3 aromatic rings. The zero-order valence-electron chi connectivity index (χ0n) is 19.3. The van der Waals surface area contributed by atoms with E-state index in [2.05, 4.69) is 0 Å². The van der Waals surface area contributed by atoms with Crippen molar-refractivity contribution in [3.8, 4) is 11.5 Å². The van der Waals surface area contributed by atoms with Crippen molar-refractivity contribution in [3.63, 3.8) is 0 Å². The summed E-state index contributed by atoms with van der Waals surface area (Å²) in [4.78, 5) is 14.2. The molecule has 3 heterocycles. The van der Waals surface area contributed by atoms with Gasteiger partial charge in [-0.1, -0.05) is 30.3 Å². The highest BCUT2D eigenvalue weighted by Crippen LogP contribution is 2.28. The molecule has 174 valence electrons. The minimum absolute atomic E-state index is 0.0692. The van der Waals surface area contributed by atoms with Crippen molar-refractivity contribution in [2.75, 3.05) is 26.4 Å². The molecular formula is C27H27N3O4. The van der Waals surface area contributed by atoms with Crippen molar-refractivity contribution in [3.05, 3.63) is 89.2 Å². The van der Waals surface area contributed by atoms with Crippen LogP contribution < -0.4 is 9.47 Å². The normalized spacial score (nSPS) is 19.1. The summed E-state index contributed by atoms with van der Waals surface area (Å²) in [6.07, 6.45) is 0. The lowest BCUT2D eigenvalue weighted by molar-refractivity contribution is 0.317. The van der Waals surface area contributed by atoms with E-state index in [1.807, 2.05) is 80.6 Å². The summed E-state index contributed by atoms with van der Waals surface area (Å²) in [5.41, 5.74) is 3.50. The molecule has 2 unspecified atom stereocenters. The second-order valence-electron chi connectivity index (χ2n) is 7.93. The number of hydrogen-bond donors (Lipinski definition) is 0. The van der Waals surface area contributed by atoms with Crippen molar-refractivity contribution in [1.82, 2.24) is 4.98 Å². The van der Waals surface area contributed by atoms with Crippen LogP contribution in [0, 0.1) is 0 Å². The van der Waals surface area contributed by atoms with E-state index < -0.39 is 0 Å². The van der Waals surface area contributed by atoms with Crippen LogP contribution in [0.1, 0.15) is 48.4 Å². The molecule has 0 saturated heterocycles. The quantitative estimate of drug-likeness (QED) is 0.480. The summed E-state index contributed by atoms with van der Waals surface area (Å²) in [6.45, 7) is 6.19. The van der Waals surface area contributed by atoms with Crippen LogP contribution in [-0.4, -0.2) is 43.2 Å². The van der Waals surface area contributed by atoms with Gasteiger partial charge < -0.3 is 18.9 Å². The first-order valence-electron chi connectivity index (χ1n) is 11.6. The van der Waals surface area contributed by atoms with Gasteiger partial charge in [0.05, 0.1) is 13.2 Å². The zero-order chi connectivity index (χ0) is 23.3.